The maximum absolute atomic E-state index is 12.4. The van der Waals surface area contributed by atoms with Gasteiger partial charge in [0, 0.05) is 12.6 Å². The summed E-state index contributed by atoms with van der Waals surface area (Å²) in [6, 6.07) is 0.239. The zero-order valence-corrected chi connectivity index (χ0v) is 14.1. The average Bonchev–Trinajstić information content (AvgIpc) is 2.66. The molecule has 0 spiro atoms. The molecule has 4 nitrogen and oxygen atoms in total. The van der Waals surface area contributed by atoms with Gasteiger partial charge < -0.3 is 10.6 Å². The van der Waals surface area contributed by atoms with E-state index in [4.69, 9.17) is 0 Å². The van der Waals surface area contributed by atoms with Gasteiger partial charge in [-0.15, -0.1) is 0 Å². The lowest BCUT2D eigenvalue weighted by molar-refractivity contribution is -0.141. The molecule has 0 aromatic carbocycles. The number of nitrogens with one attached hydrogen (secondary N) is 2. The summed E-state index contributed by atoms with van der Waals surface area (Å²) in [4.78, 5) is 24.6. The fourth-order valence-corrected chi connectivity index (χ4v) is 2.59. The number of carbonyl (C=O) groups excluding carboxylic acids is 2. The summed E-state index contributed by atoms with van der Waals surface area (Å²) in [5.41, 5.74) is -0.997. The van der Waals surface area contributed by atoms with Crippen LogP contribution in [0, 0.1) is 11.3 Å². The van der Waals surface area contributed by atoms with Gasteiger partial charge in [0.25, 0.3) is 0 Å². The van der Waals surface area contributed by atoms with Gasteiger partial charge in [0.1, 0.15) is 5.41 Å². The van der Waals surface area contributed by atoms with Gasteiger partial charge in [-0.05, 0) is 39.0 Å². The molecule has 1 rings (SSSR count). The molecule has 0 bridgehead atoms. The lowest BCUT2D eigenvalue weighted by Crippen LogP contribution is -2.50. The molecule has 1 fully saturated rings. The summed E-state index contributed by atoms with van der Waals surface area (Å²) in [7, 11) is 0. The Labute approximate surface area is 129 Å². The van der Waals surface area contributed by atoms with Gasteiger partial charge in [-0.25, -0.2) is 0 Å². The molecule has 0 radical (unpaired) electrons. The molecule has 1 saturated carbocycles. The summed E-state index contributed by atoms with van der Waals surface area (Å²) < 4.78 is 0. The van der Waals surface area contributed by atoms with Crippen LogP contribution in [0.15, 0.2) is 0 Å². The van der Waals surface area contributed by atoms with Crippen molar-refractivity contribution in [1.82, 2.24) is 10.6 Å². The number of amides is 2. The van der Waals surface area contributed by atoms with Crippen LogP contribution in [0.1, 0.15) is 72.6 Å². The molecular weight excluding hydrogens is 264 g/mol. The van der Waals surface area contributed by atoms with Gasteiger partial charge in [-0.3, -0.25) is 9.59 Å². The number of hydrogen-bond donors (Lipinski definition) is 2. The Morgan fingerprint density at radius 2 is 1.62 bits per heavy atom. The average molecular weight is 296 g/mol. The largest absolute Gasteiger partial charge is 0.355 e. The van der Waals surface area contributed by atoms with Crippen LogP contribution >= 0.6 is 0 Å². The van der Waals surface area contributed by atoms with Crippen LogP contribution in [0.4, 0.5) is 0 Å². The number of hydrogen-bond acceptors (Lipinski definition) is 2. The monoisotopic (exact) mass is 296 g/mol. The van der Waals surface area contributed by atoms with Gasteiger partial charge in [-0.1, -0.05) is 39.5 Å². The van der Waals surface area contributed by atoms with Crippen molar-refractivity contribution in [2.24, 2.45) is 11.3 Å². The molecule has 0 atom stereocenters. The molecule has 0 unspecified atom stereocenters. The summed E-state index contributed by atoms with van der Waals surface area (Å²) in [5.74, 6) is 0.235. The van der Waals surface area contributed by atoms with Crippen molar-refractivity contribution in [3.8, 4) is 0 Å². The molecule has 21 heavy (non-hydrogen) atoms. The van der Waals surface area contributed by atoms with E-state index in [1.54, 1.807) is 13.8 Å². The van der Waals surface area contributed by atoms with Crippen molar-refractivity contribution in [2.45, 2.75) is 78.7 Å². The third-order valence-corrected chi connectivity index (χ3v) is 4.33. The minimum Gasteiger partial charge on any atom is -0.355 e. The number of rotatable bonds is 6. The van der Waals surface area contributed by atoms with Crippen LogP contribution in [0.25, 0.3) is 0 Å². The van der Waals surface area contributed by atoms with E-state index in [9.17, 15) is 9.59 Å². The molecule has 4 heteroatoms. The first-order chi connectivity index (χ1) is 9.84. The van der Waals surface area contributed by atoms with Crippen molar-refractivity contribution in [2.75, 3.05) is 6.54 Å². The van der Waals surface area contributed by atoms with Gasteiger partial charge in [0.2, 0.25) is 11.8 Å². The molecule has 2 amide bonds. The first-order valence-electron chi connectivity index (χ1n) is 8.43. The Morgan fingerprint density at radius 3 is 2.14 bits per heavy atom. The molecule has 1 aliphatic rings. The summed E-state index contributed by atoms with van der Waals surface area (Å²) >= 11 is 0. The summed E-state index contributed by atoms with van der Waals surface area (Å²) in [6.07, 6.45) is 7.87. The smallest absolute Gasteiger partial charge is 0.235 e. The molecule has 0 aromatic heterocycles. The Morgan fingerprint density at radius 1 is 1.05 bits per heavy atom. The molecule has 0 aliphatic heterocycles. The summed E-state index contributed by atoms with van der Waals surface area (Å²) in [6.45, 7) is 8.30. The minimum atomic E-state index is -0.997. The van der Waals surface area contributed by atoms with Crippen molar-refractivity contribution in [3.05, 3.63) is 0 Å². The molecule has 0 aromatic rings. The van der Waals surface area contributed by atoms with E-state index in [-0.39, 0.29) is 17.9 Å². The lowest BCUT2D eigenvalue weighted by Gasteiger charge is -2.26. The summed E-state index contributed by atoms with van der Waals surface area (Å²) in [5, 5.41) is 5.96. The second-order valence-electron chi connectivity index (χ2n) is 7.23. The molecular formula is C17H32N2O2. The van der Waals surface area contributed by atoms with E-state index in [0.29, 0.717) is 12.5 Å². The lowest BCUT2D eigenvalue weighted by atomic mass is 9.90. The van der Waals surface area contributed by atoms with Crippen LogP contribution in [-0.2, 0) is 9.59 Å². The van der Waals surface area contributed by atoms with Crippen molar-refractivity contribution in [3.63, 3.8) is 0 Å². The third-order valence-electron chi connectivity index (χ3n) is 4.33. The highest BCUT2D eigenvalue weighted by molar-refractivity contribution is 6.04. The quantitative estimate of drug-likeness (QED) is 0.585. The van der Waals surface area contributed by atoms with Crippen LogP contribution in [-0.4, -0.2) is 24.4 Å². The van der Waals surface area contributed by atoms with E-state index in [1.165, 1.54) is 25.7 Å². The Balaban J connectivity index is 2.46. The van der Waals surface area contributed by atoms with Gasteiger partial charge in [-0.2, -0.15) is 0 Å². The zero-order valence-electron chi connectivity index (χ0n) is 14.1. The van der Waals surface area contributed by atoms with Gasteiger partial charge >= 0.3 is 0 Å². The minimum absolute atomic E-state index is 0.142. The van der Waals surface area contributed by atoms with E-state index in [0.717, 1.165) is 19.3 Å². The SMILES string of the molecule is CC(C)CCNC(=O)C(C)(C)C(=O)NC1CCCCCC1. The van der Waals surface area contributed by atoms with E-state index >= 15 is 0 Å². The third kappa shape index (κ3) is 6.06. The normalized spacial score (nSPS) is 17.4. The Kier molecular flexibility index (Phi) is 7.20. The van der Waals surface area contributed by atoms with Gasteiger partial charge in [0.05, 0.1) is 0 Å². The first kappa shape index (κ1) is 18.0. The maximum atomic E-state index is 12.4. The molecule has 2 N–H and O–H groups in total. The molecule has 122 valence electrons. The number of carbonyl (C=O) groups is 2. The van der Waals surface area contributed by atoms with Crippen LogP contribution in [0.5, 0.6) is 0 Å². The van der Waals surface area contributed by atoms with Gasteiger partial charge in [0.15, 0.2) is 0 Å². The predicted octanol–water partition coefficient (Wildman–Crippen LogP) is 3.01. The predicted molar refractivity (Wildman–Crippen MR) is 85.9 cm³/mol. The standard InChI is InChI=1S/C17H32N2O2/c1-13(2)11-12-18-15(20)17(3,4)16(21)19-14-9-7-5-6-8-10-14/h13-14H,5-12H2,1-4H3,(H,18,20)(H,19,21). The maximum Gasteiger partial charge on any atom is 0.235 e. The fourth-order valence-electron chi connectivity index (χ4n) is 2.59. The second-order valence-corrected chi connectivity index (χ2v) is 7.23. The molecule has 0 heterocycles. The van der Waals surface area contributed by atoms with Crippen molar-refractivity contribution >= 4 is 11.8 Å². The first-order valence-corrected chi connectivity index (χ1v) is 8.43. The second kappa shape index (κ2) is 8.40. The van der Waals surface area contributed by atoms with Crippen LogP contribution in [0.3, 0.4) is 0 Å². The Hall–Kier alpha value is -1.06. The highest BCUT2D eigenvalue weighted by Gasteiger charge is 2.36. The highest BCUT2D eigenvalue weighted by Crippen LogP contribution is 2.20. The zero-order chi connectivity index (χ0) is 15.9. The van der Waals surface area contributed by atoms with E-state index in [1.807, 2.05) is 0 Å². The highest BCUT2D eigenvalue weighted by atomic mass is 16.2. The van der Waals surface area contributed by atoms with Crippen LogP contribution in [0.2, 0.25) is 0 Å². The van der Waals surface area contributed by atoms with Crippen LogP contribution < -0.4 is 10.6 Å². The molecule has 0 saturated heterocycles. The topological polar surface area (TPSA) is 58.2 Å². The molecule has 1 aliphatic carbocycles. The van der Waals surface area contributed by atoms with E-state index in [2.05, 4.69) is 24.5 Å². The van der Waals surface area contributed by atoms with E-state index < -0.39 is 5.41 Å². The Bertz CT molecular complexity index is 343. The van der Waals surface area contributed by atoms with Crippen molar-refractivity contribution in [1.29, 1.82) is 0 Å². The fraction of sp³-hybridized carbons (Fsp3) is 0.882. The van der Waals surface area contributed by atoms with Crippen molar-refractivity contribution < 1.29 is 9.59 Å².